The molecule has 0 saturated heterocycles. The minimum absolute atomic E-state index is 0.0957. The molecule has 3 aromatic rings. The van der Waals surface area contributed by atoms with E-state index in [0.717, 1.165) is 12.1 Å². The third-order valence-electron chi connectivity index (χ3n) is 3.39. The van der Waals surface area contributed by atoms with Crippen LogP contribution in [0.1, 0.15) is 12.5 Å². The van der Waals surface area contributed by atoms with Gasteiger partial charge < -0.3 is 5.32 Å². The van der Waals surface area contributed by atoms with Crippen molar-refractivity contribution in [3.05, 3.63) is 54.2 Å². The van der Waals surface area contributed by atoms with Crippen molar-refractivity contribution in [2.75, 3.05) is 5.32 Å². The highest BCUT2D eigenvalue weighted by atomic mass is 32.2. The maximum atomic E-state index is 12.7. The lowest BCUT2D eigenvalue weighted by atomic mass is 10.2. The van der Waals surface area contributed by atoms with Crippen molar-refractivity contribution in [1.29, 1.82) is 0 Å². The molecule has 0 unspecified atom stereocenters. The molecule has 1 aromatic carbocycles. The minimum atomic E-state index is -4.46. The second-order valence-electron chi connectivity index (χ2n) is 5.24. The minimum Gasteiger partial charge on any atom is -0.325 e. The number of anilines is 1. The number of benzene rings is 1. The van der Waals surface area contributed by atoms with Crippen LogP contribution in [0.4, 0.5) is 18.9 Å². The first-order valence-electron chi connectivity index (χ1n) is 7.29. The van der Waals surface area contributed by atoms with Gasteiger partial charge >= 0.3 is 6.18 Å². The summed E-state index contributed by atoms with van der Waals surface area (Å²) in [4.78, 5) is 12.3. The molecule has 1 N–H and O–H groups in total. The van der Waals surface area contributed by atoms with Gasteiger partial charge in [-0.25, -0.2) is 0 Å². The van der Waals surface area contributed by atoms with Crippen molar-refractivity contribution in [2.45, 2.75) is 23.5 Å². The van der Waals surface area contributed by atoms with Gasteiger partial charge in [-0.05, 0) is 37.3 Å². The standard InChI is InChI=1S/C16H13F3N4OS/c1-10(25-15-22-21-13-7-2-3-8-23(13)15)14(24)20-12-6-4-5-11(9-12)16(17,18)19/h2-10H,1H3,(H,20,24)/t10-/m0/s1. The van der Waals surface area contributed by atoms with Crippen LogP contribution in [0.25, 0.3) is 5.65 Å². The Morgan fingerprint density at radius 1 is 1.20 bits per heavy atom. The van der Waals surface area contributed by atoms with Crippen LogP contribution < -0.4 is 5.32 Å². The van der Waals surface area contributed by atoms with Crippen molar-refractivity contribution >= 4 is 29.0 Å². The number of alkyl halides is 3. The van der Waals surface area contributed by atoms with Gasteiger partial charge in [-0.1, -0.05) is 23.9 Å². The molecule has 0 saturated carbocycles. The first-order chi connectivity index (χ1) is 11.8. The summed E-state index contributed by atoms with van der Waals surface area (Å²) in [5.41, 5.74) is -0.0667. The number of carbonyl (C=O) groups is 1. The molecule has 0 bridgehead atoms. The molecule has 9 heteroatoms. The predicted molar refractivity (Wildman–Crippen MR) is 88.4 cm³/mol. The number of nitrogens with zero attached hydrogens (tertiary/aromatic N) is 3. The highest BCUT2D eigenvalue weighted by Gasteiger charge is 2.30. The van der Waals surface area contributed by atoms with Gasteiger partial charge in [0.25, 0.3) is 0 Å². The summed E-state index contributed by atoms with van der Waals surface area (Å²) in [5.74, 6) is -0.419. The van der Waals surface area contributed by atoms with Crippen molar-refractivity contribution in [1.82, 2.24) is 14.6 Å². The van der Waals surface area contributed by atoms with Crippen LogP contribution in [0.3, 0.4) is 0 Å². The highest BCUT2D eigenvalue weighted by Crippen LogP contribution is 2.31. The number of thioether (sulfide) groups is 1. The molecule has 3 rings (SSSR count). The molecule has 130 valence electrons. The Balaban J connectivity index is 1.71. The Morgan fingerprint density at radius 3 is 2.76 bits per heavy atom. The van der Waals surface area contributed by atoms with E-state index in [9.17, 15) is 18.0 Å². The average Bonchev–Trinajstić information content (AvgIpc) is 2.97. The Bertz CT molecular complexity index is 910. The van der Waals surface area contributed by atoms with E-state index in [0.29, 0.717) is 10.8 Å². The van der Waals surface area contributed by atoms with E-state index < -0.39 is 22.9 Å². The van der Waals surface area contributed by atoms with Gasteiger partial charge in [0, 0.05) is 11.9 Å². The van der Waals surface area contributed by atoms with Crippen LogP contribution in [-0.2, 0) is 11.0 Å². The van der Waals surface area contributed by atoms with Crippen LogP contribution in [0.5, 0.6) is 0 Å². The zero-order valence-electron chi connectivity index (χ0n) is 13.0. The van der Waals surface area contributed by atoms with E-state index in [1.54, 1.807) is 23.6 Å². The lowest BCUT2D eigenvalue weighted by Gasteiger charge is -2.13. The first-order valence-corrected chi connectivity index (χ1v) is 8.17. The summed E-state index contributed by atoms with van der Waals surface area (Å²) in [5, 5.41) is 10.5. The van der Waals surface area contributed by atoms with Crippen LogP contribution in [0.2, 0.25) is 0 Å². The first kappa shape index (κ1) is 17.3. The summed E-state index contributed by atoms with van der Waals surface area (Å²) in [6, 6.07) is 9.94. The fraction of sp³-hybridized carbons (Fsp3) is 0.188. The number of hydrogen-bond acceptors (Lipinski definition) is 4. The number of amides is 1. The monoisotopic (exact) mass is 366 g/mol. The molecule has 5 nitrogen and oxygen atoms in total. The van der Waals surface area contributed by atoms with Crippen molar-refractivity contribution in [3.63, 3.8) is 0 Å². The number of carbonyl (C=O) groups excluding carboxylic acids is 1. The second-order valence-corrected chi connectivity index (χ2v) is 6.55. The average molecular weight is 366 g/mol. The van der Waals surface area contributed by atoms with Gasteiger partial charge in [0.05, 0.1) is 10.8 Å². The summed E-state index contributed by atoms with van der Waals surface area (Å²) < 4.78 is 39.9. The van der Waals surface area contributed by atoms with Crippen LogP contribution in [0.15, 0.2) is 53.8 Å². The SMILES string of the molecule is C[C@H](Sc1nnc2ccccn12)C(=O)Nc1cccc(C(F)(F)F)c1. The van der Waals surface area contributed by atoms with E-state index in [2.05, 4.69) is 15.5 Å². The van der Waals surface area contributed by atoms with Gasteiger partial charge in [0.1, 0.15) is 0 Å². The maximum absolute atomic E-state index is 12.7. The number of fused-ring (bicyclic) bond motifs is 1. The zero-order valence-corrected chi connectivity index (χ0v) is 13.8. The van der Waals surface area contributed by atoms with Crippen molar-refractivity contribution < 1.29 is 18.0 Å². The largest absolute Gasteiger partial charge is 0.416 e. The van der Waals surface area contributed by atoms with Gasteiger partial charge in [-0.3, -0.25) is 9.20 Å². The molecule has 0 spiro atoms. The predicted octanol–water partition coefficient (Wildman–Crippen LogP) is 3.87. The van der Waals surface area contributed by atoms with Gasteiger partial charge in [0.2, 0.25) is 5.91 Å². The van der Waals surface area contributed by atoms with E-state index in [4.69, 9.17) is 0 Å². The topological polar surface area (TPSA) is 59.3 Å². The third-order valence-corrected chi connectivity index (χ3v) is 4.45. The highest BCUT2D eigenvalue weighted by molar-refractivity contribution is 8.00. The quantitative estimate of drug-likeness (QED) is 0.712. The Morgan fingerprint density at radius 2 is 2.00 bits per heavy atom. The molecule has 1 atom stereocenters. The van der Waals surface area contributed by atoms with Gasteiger partial charge in [-0.2, -0.15) is 13.2 Å². The fourth-order valence-electron chi connectivity index (χ4n) is 2.13. The zero-order chi connectivity index (χ0) is 18.0. The van der Waals surface area contributed by atoms with E-state index in [-0.39, 0.29) is 5.69 Å². The lowest BCUT2D eigenvalue weighted by Crippen LogP contribution is -2.23. The van der Waals surface area contributed by atoms with E-state index in [1.807, 2.05) is 12.1 Å². The summed E-state index contributed by atoms with van der Waals surface area (Å²) in [7, 11) is 0. The molecular formula is C16H13F3N4OS. The van der Waals surface area contributed by atoms with Gasteiger partial charge in [-0.15, -0.1) is 10.2 Å². The number of halogens is 3. The summed E-state index contributed by atoms with van der Waals surface area (Å²) in [6.07, 6.45) is -2.68. The maximum Gasteiger partial charge on any atom is 0.416 e. The molecule has 0 aliphatic carbocycles. The van der Waals surface area contributed by atoms with Crippen molar-refractivity contribution in [2.24, 2.45) is 0 Å². The van der Waals surface area contributed by atoms with Crippen LogP contribution in [-0.4, -0.2) is 25.8 Å². The summed E-state index contributed by atoms with van der Waals surface area (Å²) in [6.45, 7) is 1.65. The number of hydrogen-bond donors (Lipinski definition) is 1. The summed E-state index contributed by atoms with van der Waals surface area (Å²) >= 11 is 1.17. The molecule has 0 fully saturated rings. The fourth-order valence-corrected chi connectivity index (χ4v) is 2.97. The van der Waals surface area contributed by atoms with Gasteiger partial charge in [0.15, 0.2) is 10.8 Å². The third kappa shape index (κ3) is 3.93. The second kappa shape index (κ2) is 6.75. The normalized spacial score (nSPS) is 13.0. The molecule has 0 aliphatic heterocycles. The molecule has 2 aromatic heterocycles. The molecular weight excluding hydrogens is 353 g/mol. The molecule has 1 amide bonds. The van der Waals surface area contributed by atoms with Crippen LogP contribution in [0, 0.1) is 0 Å². The number of aromatic nitrogens is 3. The molecule has 25 heavy (non-hydrogen) atoms. The molecule has 0 radical (unpaired) electrons. The van der Waals surface area contributed by atoms with Crippen molar-refractivity contribution in [3.8, 4) is 0 Å². The Kier molecular flexibility index (Phi) is 4.67. The molecule has 0 aliphatic rings. The Hall–Kier alpha value is -2.55. The Labute approximate surface area is 145 Å². The number of pyridine rings is 1. The smallest absolute Gasteiger partial charge is 0.325 e. The number of nitrogens with one attached hydrogen (secondary N) is 1. The van der Waals surface area contributed by atoms with E-state index in [1.165, 1.54) is 23.9 Å². The number of rotatable bonds is 4. The lowest BCUT2D eigenvalue weighted by molar-refractivity contribution is -0.137. The van der Waals surface area contributed by atoms with Crippen LogP contribution >= 0.6 is 11.8 Å². The van der Waals surface area contributed by atoms with E-state index >= 15 is 0 Å². The molecule has 2 heterocycles.